The van der Waals surface area contributed by atoms with Gasteiger partial charge < -0.3 is 18.9 Å². The minimum atomic E-state index is -3.76. The molecule has 0 spiro atoms. The molecule has 0 radical (unpaired) electrons. The molecule has 4 heterocycles. The summed E-state index contributed by atoms with van der Waals surface area (Å²) in [6.45, 7) is 8.65. The third-order valence-corrected chi connectivity index (χ3v) is 9.83. The van der Waals surface area contributed by atoms with Gasteiger partial charge in [-0.1, -0.05) is 27.7 Å². The molecule has 4 saturated heterocycles. The fraction of sp³-hybridized carbons (Fsp3) is 1.00. The second-order valence-corrected chi connectivity index (χ2v) is 12.0. The maximum Gasteiger partial charge on any atom is 0.286 e. The van der Waals surface area contributed by atoms with E-state index in [2.05, 4.69) is 0 Å². The Hall–Kier alpha value is -0.420. The highest BCUT2D eigenvalue weighted by Crippen LogP contribution is 2.42. The molecule has 6 atom stereocenters. The molecule has 186 valence electrons. The van der Waals surface area contributed by atoms with Crippen molar-refractivity contribution in [2.24, 2.45) is 0 Å². The maximum absolute atomic E-state index is 13.1. The van der Waals surface area contributed by atoms with Gasteiger partial charge in [0.15, 0.2) is 24.9 Å². The standard InChI is InChI=1S/C18H34N4O8S2/c1-5-9-19-13-14(20(10-6-2)31(19,23)24)28-18-17(27-13)29-15-16(30-18)22(12-8-4)32(25,26)21(15)11-7-3/h13-18H,5-12H2,1-4H3/t13-,14-,15-,16+,17?,18?/m0/s1. The van der Waals surface area contributed by atoms with Crippen molar-refractivity contribution < 1.29 is 35.8 Å². The minimum absolute atomic E-state index is 0.276. The van der Waals surface area contributed by atoms with E-state index in [1.165, 1.54) is 17.2 Å². The lowest BCUT2D eigenvalue weighted by Crippen LogP contribution is -2.63. The van der Waals surface area contributed by atoms with Gasteiger partial charge in [-0.15, -0.1) is 0 Å². The van der Waals surface area contributed by atoms with Crippen LogP contribution in [0, 0.1) is 0 Å². The molecule has 4 aliphatic rings. The fourth-order valence-electron chi connectivity index (χ4n) is 4.63. The van der Waals surface area contributed by atoms with Crippen LogP contribution in [0.1, 0.15) is 53.4 Å². The quantitative estimate of drug-likeness (QED) is 0.472. The van der Waals surface area contributed by atoms with Crippen LogP contribution in [0.2, 0.25) is 0 Å². The minimum Gasteiger partial charge on any atom is -0.324 e. The molecule has 4 fully saturated rings. The van der Waals surface area contributed by atoms with Crippen LogP contribution < -0.4 is 0 Å². The van der Waals surface area contributed by atoms with Gasteiger partial charge in [0.1, 0.15) is 0 Å². The van der Waals surface area contributed by atoms with E-state index in [4.69, 9.17) is 18.9 Å². The lowest BCUT2D eigenvalue weighted by Gasteiger charge is -2.46. The molecular formula is C18H34N4O8S2. The Kier molecular flexibility index (Phi) is 7.19. The van der Waals surface area contributed by atoms with Gasteiger partial charge in [0.2, 0.25) is 12.6 Å². The molecule has 0 aliphatic carbocycles. The van der Waals surface area contributed by atoms with Crippen LogP contribution in [0.15, 0.2) is 0 Å². The van der Waals surface area contributed by atoms with Crippen molar-refractivity contribution in [3.63, 3.8) is 0 Å². The first-order chi connectivity index (χ1) is 15.2. The van der Waals surface area contributed by atoms with E-state index in [9.17, 15) is 16.8 Å². The van der Waals surface area contributed by atoms with Crippen LogP contribution in [-0.2, 0) is 39.4 Å². The van der Waals surface area contributed by atoms with Crippen LogP contribution in [-0.4, -0.2) is 97.7 Å². The second kappa shape index (κ2) is 9.32. The smallest absolute Gasteiger partial charge is 0.286 e. The highest BCUT2D eigenvalue weighted by molar-refractivity contribution is 7.87. The summed E-state index contributed by atoms with van der Waals surface area (Å²) < 4.78 is 81.9. The van der Waals surface area contributed by atoms with Crippen LogP contribution in [0.25, 0.3) is 0 Å². The Bertz CT molecular complexity index is 759. The van der Waals surface area contributed by atoms with Gasteiger partial charge in [-0.25, -0.2) is 0 Å². The van der Waals surface area contributed by atoms with E-state index >= 15 is 0 Å². The number of hydrogen-bond acceptors (Lipinski definition) is 8. The van der Waals surface area contributed by atoms with E-state index in [-0.39, 0.29) is 26.2 Å². The van der Waals surface area contributed by atoms with Gasteiger partial charge in [-0.3, -0.25) is 0 Å². The second-order valence-electron chi connectivity index (χ2n) is 8.30. The third kappa shape index (κ3) is 3.82. The molecule has 0 amide bonds. The maximum atomic E-state index is 13.1. The topological polar surface area (TPSA) is 118 Å². The number of ether oxygens (including phenoxy) is 4. The van der Waals surface area contributed by atoms with Crippen molar-refractivity contribution in [1.82, 2.24) is 17.2 Å². The van der Waals surface area contributed by atoms with Crippen LogP contribution >= 0.6 is 0 Å². The summed E-state index contributed by atoms with van der Waals surface area (Å²) in [5, 5.41) is 0. The first-order valence-electron chi connectivity index (χ1n) is 11.4. The van der Waals surface area contributed by atoms with Crippen molar-refractivity contribution in [1.29, 1.82) is 0 Å². The van der Waals surface area contributed by atoms with Crippen molar-refractivity contribution in [3.05, 3.63) is 0 Å². The van der Waals surface area contributed by atoms with Crippen LogP contribution in [0.5, 0.6) is 0 Å². The van der Waals surface area contributed by atoms with E-state index in [1.807, 2.05) is 27.7 Å². The average Bonchev–Trinajstić information content (AvgIpc) is 3.06. The summed E-state index contributed by atoms with van der Waals surface area (Å²) in [5.41, 5.74) is 0. The van der Waals surface area contributed by atoms with E-state index in [0.29, 0.717) is 25.7 Å². The van der Waals surface area contributed by atoms with Crippen molar-refractivity contribution in [2.75, 3.05) is 26.2 Å². The molecule has 4 rings (SSSR count). The van der Waals surface area contributed by atoms with Gasteiger partial charge in [0.05, 0.1) is 0 Å². The molecular weight excluding hydrogens is 464 g/mol. The summed E-state index contributed by atoms with van der Waals surface area (Å²) in [4.78, 5) is 0. The predicted octanol–water partition coefficient (Wildman–Crippen LogP) is 0.401. The molecule has 0 aromatic rings. The molecule has 12 nitrogen and oxygen atoms in total. The van der Waals surface area contributed by atoms with E-state index in [0.717, 1.165) is 0 Å². The fourth-order valence-corrected chi connectivity index (χ4v) is 8.48. The summed E-state index contributed by atoms with van der Waals surface area (Å²) in [6.07, 6.45) is -3.24. The van der Waals surface area contributed by atoms with Crippen molar-refractivity contribution in [2.45, 2.75) is 90.9 Å². The van der Waals surface area contributed by atoms with Gasteiger partial charge in [-0.05, 0) is 25.7 Å². The number of nitrogens with zero attached hydrogens (tertiary/aromatic N) is 4. The Morgan fingerprint density at radius 3 is 0.906 bits per heavy atom. The molecule has 0 saturated carbocycles. The molecule has 0 N–H and O–H groups in total. The Labute approximate surface area is 190 Å². The lowest BCUT2D eigenvalue weighted by molar-refractivity contribution is -0.440. The third-order valence-electron chi connectivity index (χ3n) is 5.90. The van der Waals surface area contributed by atoms with E-state index in [1.54, 1.807) is 0 Å². The first-order valence-corrected chi connectivity index (χ1v) is 14.2. The van der Waals surface area contributed by atoms with Gasteiger partial charge in [0.25, 0.3) is 20.4 Å². The summed E-state index contributed by atoms with van der Waals surface area (Å²) in [6, 6.07) is 0. The van der Waals surface area contributed by atoms with Crippen molar-refractivity contribution >= 4 is 20.4 Å². The molecule has 14 heteroatoms. The SMILES string of the molecule is CCCN1[C@@H]2OC3O[C@H]4[C@H](OC3O[C@@H]2N(CCC)S1(=O)=O)N(CCC)S(=O)(=O)N4CCC. The van der Waals surface area contributed by atoms with Crippen LogP contribution in [0.3, 0.4) is 0 Å². The molecule has 32 heavy (non-hydrogen) atoms. The highest BCUT2D eigenvalue weighted by Gasteiger charge is 2.63. The monoisotopic (exact) mass is 498 g/mol. The van der Waals surface area contributed by atoms with E-state index < -0.39 is 57.9 Å². The molecule has 0 aromatic heterocycles. The lowest BCUT2D eigenvalue weighted by atomic mass is 10.3. The number of fused-ring (bicyclic) bond motifs is 3. The molecule has 2 unspecified atom stereocenters. The zero-order valence-corrected chi connectivity index (χ0v) is 20.6. The Balaban J connectivity index is 1.63. The largest absolute Gasteiger partial charge is 0.324 e. The normalized spacial score (nSPS) is 39.6. The highest BCUT2D eigenvalue weighted by atomic mass is 32.2. The van der Waals surface area contributed by atoms with Gasteiger partial charge in [0, 0.05) is 26.2 Å². The average molecular weight is 499 g/mol. The zero-order valence-electron chi connectivity index (χ0n) is 19.0. The first kappa shape index (κ1) is 24.7. The molecule has 0 bridgehead atoms. The van der Waals surface area contributed by atoms with Crippen LogP contribution in [0.4, 0.5) is 0 Å². The summed E-state index contributed by atoms with van der Waals surface area (Å²) in [7, 11) is -7.53. The summed E-state index contributed by atoms with van der Waals surface area (Å²) in [5.74, 6) is 0. The van der Waals surface area contributed by atoms with Gasteiger partial charge >= 0.3 is 0 Å². The van der Waals surface area contributed by atoms with Crippen molar-refractivity contribution in [3.8, 4) is 0 Å². The number of hydrogen-bond donors (Lipinski definition) is 0. The molecule has 0 aromatic carbocycles. The Morgan fingerprint density at radius 2 is 0.719 bits per heavy atom. The zero-order chi connectivity index (χ0) is 23.3. The molecule has 4 aliphatic heterocycles. The Morgan fingerprint density at radius 1 is 0.500 bits per heavy atom. The summed E-state index contributed by atoms with van der Waals surface area (Å²) >= 11 is 0. The van der Waals surface area contributed by atoms with Gasteiger partial charge in [-0.2, -0.15) is 34.1 Å². The predicted molar refractivity (Wildman–Crippen MR) is 113 cm³/mol. The number of rotatable bonds is 8.